The fourth-order valence-electron chi connectivity index (χ4n) is 6.81. The minimum Gasteiger partial charge on any atom is -0.494 e. The Morgan fingerprint density at radius 3 is 2.50 bits per heavy atom. The van der Waals surface area contributed by atoms with Gasteiger partial charge in [-0.05, 0) is 124 Å². The number of rotatable bonds is 8. The Bertz CT molecular complexity index is 690. The normalized spacial score (nSPS) is 31.3. The molecule has 0 aliphatic heterocycles. The van der Waals surface area contributed by atoms with E-state index in [2.05, 4.69) is 44.2 Å². The molecule has 5 atom stereocenters. The first-order chi connectivity index (χ1) is 14.8. The van der Waals surface area contributed by atoms with Crippen LogP contribution in [-0.2, 0) is 12.8 Å². The highest BCUT2D eigenvalue weighted by molar-refractivity contribution is 5.37. The molecule has 1 heteroatoms. The molecule has 1 aromatic carbocycles. The van der Waals surface area contributed by atoms with Gasteiger partial charge >= 0.3 is 0 Å². The Labute approximate surface area is 185 Å². The van der Waals surface area contributed by atoms with Crippen molar-refractivity contribution in [2.75, 3.05) is 6.61 Å². The Hall–Kier alpha value is -1.24. The zero-order valence-corrected chi connectivity index (χ0v) is 19.6. The van der Waals surface area contributed by atoms with Crippen molar-refractivity contribution < 1.29 is 4.74 Å². The summed E-state index contributed by atoms with van der Waals surface area (Å²) < 4.78 is 6.04. The fourth-order valence-corrected chi connectivity index (χ4v) is 6.81. The lowest BCUT2D eigenvalue weighted by Gasteiger charge is -2.44. The molecule has 5 unspecified atom stereocenters. The minimum absolute atomic E-state index is 0.873. The summed E-state index contributed by atoms with van der Waals surface area (Å²) in [6.45, 7) is 5.33. The fraction of sp³-hybridized carbons (Fsp3) is 0.724. The summed E-state index contributed by atoms with van der Waals surface area (Å²) >= 11 is 0. The van der Waals surface area contributed by atoms with Crippen LogP contribution in [0.25, 0.3) is 0 Å². The van der Waals surface area contributed by atoms with Crippen LogP contribution in [0.1, 0.15) is 95.6 Å². The predicted octanol–water partition coefficient (Wildman–Crippen LogP) is 8.16. The highest BCUT2D eigenvalue weighted by Gasteiger charge is 2.38. The predicted molar refractivity (Wildman–Crippen MR) is 128 cm³/mol. The van der Waals surface area contributed by atoms with Gasteiger partial charge in [-0.25, -0.2) is 0 Å². The Kier molecular flexibility index (Phi) is 7.96. The number of aryl methyl sites for hydroxylation is 1. The van der Waals surface area contributed by atoms with E-state index in [4.69, 9.17) is 4.74 Å². The summed E-state index contributed by atoms with van der Waals surface area (Å²) in [5.41, 5.74) is 3.18. The third kappa shape index (κ3) is 5.51. The molecule has 3 aliphatic carbocycles. The topological polar surface area (TPSA) is 9.23 Å². The number of fused-ring (bicyclic) bond motifs is 2. The highest BCUT2D eigenvalue weighted by atomic mass is 16.5. The molecule has 2 saturated carbocycles. The second-order valence-electron chi connectivity index (χ2n) is 10.5. The summed E-state index contributed by atoms with van der Waals surface area (Å²) in [7, 11) is 0. The monoisotopic (exact) mass is 408 g/mol. The van der Waals surface area contributed by atoms with Crippen molar-refractivity contribution in [2.45, 2.75) is 97.3 Å². The van der Waals surface area contributed by atoms with Crippen LogP contribution in [0.2, 0.25) is 0 Å². The highest BCUT2D eigenvalue weighted by Crippen LogP contribution is 2.48. The third-order valence-electron chi connectivity index (χ3n) is 8.54. The lowest BCUT2D eigenvalue weighted by molar-refractivity contribution is 0.0810. The molecule has 4 rings (SSSR count). The Balaban J connectivity index is 1.27. The zero-order valence-electron chi connectivity index (χ0n) is 19.6. The molecule has 0 heterocycles. The molecule has 0 bridgehead atoms. The van der Waals surface area contributed by atoms with E-state index in [1.807, 2.05) is 0 Å². The Morgan fingerprint density at radius 1 is 0.867 bits per heavy atom. The van der Waals surface area contributed by atoms with Gasteiger partial charge in [-0.3, -0.25) is 0 Å². The standard InChI is InChI=1S/C29H44O/c1-3-5-6-7-17-30-29-16-15-27-20-26(13-14-28(27)21-29)25-12-11-23-18-22(8-4-2)9-10-24(23)19-25/h4,8,15-16,21-26H,3,5-7,9-14,17-20H2,1-2H3/b8-4+. The van der Waals surface area contributed by atoms with Crippen LogP contribution in [-0.4, -0.2) is 6.61 Å². The largest absolute Gasteiger partial charge is 0.494 e. The second kappa shape index (κ2) is 10.9. The van der Waals surface area contributed by atoms with E-state index in [9.17, 15) is 0 Å². The number of benzene rings is 1. The van der Waals surface area contributed by atoms with Gasteiger partial charge in [-0.1, -0.05) is 44.4 Å². The van der Waals surface area contributed by atoms with Gasteiger partial charge in [0.15, 0.2) is 0 Å². The maximum absolute atomic E-state index is 6.04. The first kappa shape index (κ1) is 22.0. The second-order valence-corrected chi connectivity index (χ2v) is 10.5. The van der Waals surface area contributed by atoms with E-state index in [0.29, 0.717) is 0 Å². The van der Waals surface area contributed by atoms with Crippen LogP contribution in [0.5, 0.6) is 5.75 Å². The molecular weight excluding hydrogens is 364 g/mol. The summed E-state index contributed by atoms with van der Waals surface area (Å²) in [5, 5.41) is 0. The van der Waals surface area contributed by atoms with Crippen LogP contribution in [0.4, 0.5) is 0 Å². The van der Waals surface area contributed by atoms with Crippen LogP contribution in [0.15, 0.2) is 30.4 Å². The molecule has 30 heavy (non-hydrogen) atoms. The number of hydrogen-bond acceptors (Lipinski definition) is 1. The third-order valence-corrected chi connectivity index (χ3v) is 8.54. The van der Waals surface area contributed by atoms with Crippen molar-refractivity contribution in [2.24, 2.45) is 29.6 Å². The van der Waals surface area contributed by atoms with Crippen molar-refractivity contribution in [3.8, 4) is 5.75 Å². The number of ether oxygens (including phenoxy) is 1. The SMILES string of the molecule is C/C=C/C1CCC2CC(C3CCc4cc(OCCCCCC)ccc4C3)CCC2C1. The number of hydrogen-bond donors (Lipinski definition) is 0. The van der Waals surface area contributed by atoms with Gasteiger partial charge in [0.05, 0.1) is 6.61 Å². The maximum atomic E-state index is 6.04. The molecule has 166 valence electrons. The van der Waals surface area contributed by atoms with Crippen LogP contribution in [0, 0.1) is 29.6 Å². The lowest BCUT2D eigenvalue weighted by atomic mass is 9.61. The number of allylic oxidation sites excluding steroid dienone is 2. The molecule has 0 spiro atoms. The van der Waals surface area contributed by atoms with Crippen LogP contribution >= 0.6 is 0 Å². The van der Waals surface area contributed by atoms with Gasteiger partial charge in [0, 0.05) is 0 Å². The van der Waals surface area contributed by atoms with Gasteiger partial charge in [0.2, 0.25) is 0 Å². The van der Waals surface area contributed by atoms with E-state index in [1.54, 1.807) is 11.1 Å². The lowest BCUT2D eigenvalue weighted by Crippen LogP contribution is -2.34. The molecular formula is C29H44O. The summed E-state index contributed by atoms with van der Waals surface area (Å²) in [4.78, 5) is 0. The van der Waals surface area contributed by atoms with Gasteiger partial charge in [-0.2, -0.15) is 0 Å². The molecule has 0 amide bonds. The van der Waals surface area contributed by atoms with Crippen LogP contribution < -0.4 is 4.74 Å². The molecule has 0 N–H and O–H groups in total. The first-order valence-electron chi connectivity index (χ1n) is 13.1. The van der Waals surface area contributed by atoms with E-state index in [-0.39, 0.29) is 0 Å². The summed E-state index contributed by atoms with van der Waals surface area (Å²) in [6.07, 6.45) is 22.7. The first-order valence-corrected chi connectivity index (χ1v) is 13.1. The molecule has 1 nitrogen and oxygen atoms in total. The van der Waals surface area contributed by atoms with Crippen molar-refractivity contribution in [1.82, 2.24) is 0 Å². The zero-order chi connectivity index (χ0) is 20.8. The maximum Gasteiger partial charge on any atom is 0.119 e. The molecule has 1 aromatic rings. The summed E-state index contributed by atoms with van der Waals surface area (Å²) in [6, 6.07) is 6.97. The van der Waals surface area contributed by atoms with E-state index in [0.717, 1.165) is 41.9 Å². The van der Waals surface area contributed by atoms with Crippen molar-refractivity contribution in [3.63, 3.8) is 0 Å². The van der Waals surface area contributed by atoms with Crippen molar-refractivity contribution in [3.05, 3.63) is 41.5 Å². The molecule has 3 aliphatic rings. The average Bonchev–Trinajstić information content (AvgIpc) is 2.78. The average molecular weight is 409 g/mol. The smallest absolute Gasteiger partial charge is 0.119 e. The van der Waals surface area contributed by atoms with Gasteiger partial charge in [0.1, 0.15) is 5.75 Å². The van der Waals surface area contributed by atoms with Gasteiger partial charge in [0.25, 0.3) is 0 Å². The van der Waals surface area contributed by atoms with Crippen LogP contribution in [0.3, 0.4) is 0 Å². The van der Waals surface area contributed by atoms with E-state index in [1.165, 1.54) is 83.5 Å². The van der Waals surface area contributed by atoms with Crippen molar-refractivity contribution in [1.29, 1.82) is 0 Å². The summed E-state index contributed by atoms with van der Waals surface area (Å²) in [5.74, 6) is 5.92. The van der Waals surface area contributed by atoms with Crippen molar-refractivity contribution >= 4 is 0 Å². The quantitative estimate of drug-likeness (QED) is 0.311. The molecule has 2 fully saturated rings. The molecule has 0 radical (unpaired) electrons. The number of unbranched alkanes of at least 4 members (excludes halogenated alkanes) is 3. The van der Waals surface area contributed by atoms with E-state index >= 15 is 0 Å². The molecule has 0 saturated heterocycles. The minimum atomic E-state index is 0.873. The van der Waals surface area contributed by atoms with Gasteiger partial charge in [-0.15, -0.1) is 0 Å². The Morgan fingerprint density at radius 2 is 1.67 bits per heavy atom. The van der Waals surface area contributed by atoms with E-state index < -0.39 is 0 Å². The molecule has 0 aromatic heterocycles. The van der Waals surface area contributed by atoms with Gasteiger partial charge < -0.3 is 4.74 Å².